The Morgan fingerprint density at radius 1 is 1.33 bits per heavy atom. The summed E-state index contributed by atoms with van der Waals surface area (Å²) in [6.45, 7) is 2.14. The summed E-state index contributed by atoms with van der Waals surface area (Å²) in [6.07, 6.45) is 6.35. The molecular formula is C14H17N3O. The minimum absolute atomic E-state index is 0.258. The van der Waals surface area contributed by atoms with Gasteiger partial charge in [0.2, 0.25) is 0 Å². The van der Waals surface area contributed by atoms with E-state index in [0.29, 0.717) is 5.92 Å². The molecule has 2 N–H and O–H groups in total. The molecule has 3 rings (SSSR count). The second kappa shape index (κ2) is 4.82. The topological polar surface area (TPSA) is 50.1 Å². The van der Waals surface area contributed by atoms with Crippen LogP contribution >= 0.6 is 0 Å². The molecule has 0 spiro atoms. The van der Waals surface area contributed by atoms with Crippen LogP contribution in [0.2, 0.25) is 0 Å². The quantitative estimate of drug-likeness (QED) is 0.848. The number of hydrogen-bond acceptors (Lipinski definition) is 3. The highest BCUT2D eigenvalue weighted by Crippen LogP contribution is 2.25. The second-order valence-corrected chi connectivity index (χ2v) is 4.75. The van der Waals surface area contributed by atoms with Gasteiger partial charge in [0.1, 0.15) is 11.4 Å². The van der Waals surface area contributed by atoms with Crippen LogP contribution < -0.4 is 5.32 Å². The number of hydrogen-bond donors (Lipinski definition) is 2. The van der Waals surface area contributed by atoms with Crippen LogP contribution in [0.4, 0.5) is 0 Å². The molecule has 1 unspecified atom stereocenters. The molecule has 1 aromatic carbocycles. The summed E-state index contributed by atoms with van der Waals surface area (Å²) in [5.41, 5.74) is 1.97. The zero-order valence-electron chi connectivity index (χ0n) is 10.2. The zero-order valence-corrected chi connectivity index (χ0v) is 10.2. The van der Waals surface area contributed by atoms with E-state index in [4.69, 9.17) is 0 Å². The van der Waals surface area contributed by atoms with E-state index in [9.17, 15) is 5.11 Å². The minimum Gasteiger partial charge on any atom is -0.506 e. The second-order valence-electron chi connectivity index (χ2n) is 4.75. The van der Waals surface area contributed by atoms with Gasteiger partial charge in [0.25, 0.3) is 0 Å². The van der Waals surface area contributed by atoms with E-state index in [2.05, 4.69) is 10.4 Å². The Hall–Kier alpha value is -1.81. The van der Waals surface area contributed by atoms with Crippen LogP contribution in [0, 0.1) is 0 Å². The summed E-state index contributed by atoms with van der Waals surface area (Å²) < 4.78 is 1.75. The summed E-state index contributed by atoms with van der Waals surface area (Å²) in [6, 6.07) is 7.26. The molecule has 1 aliphatic heterocycles. The molecule has 4 heteroatoms. The van der Waals surface area contributed by atoms with Crippen LogP contribution in [0.3, 0.4) is 0 Å². The highest BCUT2D eigenvalue weighted by Gasteiger charge is 2.17. The first-order chi connectivity index (χ1) is 8.84. The molecule has 1 aromatic heterocycles. The summed E-state index contributed by atoms with van der Waals surface area (Å²) in [5, 5.41) is 17.6. The Balaban J connectivity index is 1.87. The lowest BCUT2D eigenvalue weighted by Gasteiger charge is -2.21. The third kappa shape index (κ3) is 2.11. The number of benzene rings is 1. The Bertz CT molecular complexity index is 529. The predicted molar refractivity (Wildman–Crippen MR) is 70.1 cm³/mol. The van der Waals surface area contributed by atoms with Crippen molar-refractivity contribution in [2.24, 2.45) is 0 Å². The lowest BCUT2D eigenvalue weighted by molar-refractivity contribution is 0.461. The SMILES string of the molecule is Oc1ccccc1-n1cc(C2CCCNC2)cn1. The molecule has 2 heterocycles. The summed E-state index contributed by atoms with van der Waals surface area (Å²) in [4.78, 5) is 0. The van der Waals surface area contributed by atoms with E-state index >= 15 is 0 Å². The van der Waals surface area contributed by atoms with E-state index < -0.39 is 0 Å². The summed E-state index contributed by atoms with van der Waals surface area (Å²) in [7, 11) is 0. The number of piperidine rings is 1. The normalized spacial score (nSPS) is 19.9. The van der Waals surface area contributed by atoms with Crippen molar-refractivity contribution in [1.29, 1.82) is 0 Å². The van der Waals surface area contributed by atoms with E-state index in [-0.39, 0.29) is 5.75 Å². The van der Waals surface area contributed by atoms with Gasteiger partial charge < -0.3 is 10.4 Å². The van der Waals surface area contributed by atoms with Crippen molar-refractivity contribution in [1.82, 2.24) is 15.1 Å². The molecule has 1 atom stereocenters. The molecule has 0 aliphatic carbocycles. The average Bonchev–Trinajstić information content (AvgIpc) is 2.90. The van der Waals surface area contributed by atoms with Crippen LogP contribution in [0.15, 0.2) is 36.7 Å². The van der Waals surface area contributed by atoms with Gasteiger partial charge in [0.05, 0.1) is 6.20 Å². The molecule has 2 aromatic rings. The van der Waals surface area contributed by atoms with Crippen LogP contribution in [0.25, 0.3) is 5.69 Å². The van der Waals surface area contributed by atoms with E-state index in [1.165, 1.54) is 18.4 Å². The molecule has 1 aliphatic rings. The maximum Gasteiger partial charge on any atom is 0.141 e. The highest BCUT2D eigenvalue weighted by atomic mass is 16.3. The number of para-hydroxylation sites is 2. The third-order valence-electron chi connectivity index (χ3n) is 3.50. The number of nitrogens with one attached hydrogen (secondary N) is 1. The van der Waals surface area contributed by atoms with Gasteiger partial charge in [-0.15, -0.1) is 0 Å². The number of aromatic nitrogens is 2. The lowest BCUT2D eigenvalue weighted by atomic mass is 9.94. The van der Waals surface area contributed by atoms with E-state index in [0.717, 1.165) is 18.8 Å². The van der Waals surface area contributed by atoms with Crippen molar-refractivity contribution in [2.45, 2.75) is 18.8 Å². The molecule has 0 saturated carbocycles. The van der Waals surface area contributed by atoms with Crippen LogP contribution in [-0.2, 0) is 0 Å². The van der Waals surface area contributed by atoms with Gasteiger partial charge in [-0.3, -0.25) is 0 Å². The Labute approximate surface area is 106 Å². The van der Waals surface area contributed by atoms with Crippen LogP contribution in [0.5, 0.6) is 5.75 Å². The summed E-state index contributed by atoms with van der Waals surface area (Å²) >= 11 is 0. The van der Waals surface area contributed by atoms with Gasteiger partial charge in [-0.1, -0.05) is 12.1 Å². The van der Waals surface area contributed by atoms with Gasteiger partial charge in [-0.2, -0.15) is 5.10 Å². The smallest absolute Gasteiger partial charge is 0.141 e. The zero-order chi connectivity index (χ0) is 12.4. The fourth-order valence-corrected chi connectivity index (χ4v) is 2.47. The third-order valence-corrected chi connectivity index (χ3v) is 3.50. The number of rotatable bonds is 2. The van der Waals surface area contributed by atoms with E-state index in [1.54, 1.807) is 10.7 Å². The molecule has 4 nitrogen and oxygen atoms in total. The first kappa shape index (κ1) is 11.3. The van der Waals surface area contributed by atoms with Gasteiger partial charge in [0, 0.05) is 12.7 Å². The van der Waals surface area contributed by atoms with Crippen molar-refractivity contribution in [3.8, 4) is 11.4 Å². The largest absolute Gasteiger partial charge is 0.506 e. The maximum atomic E-state index is 9.81. The molecule has 18 heavy (non-hydrogen) atoms. The average molecular weight is 243 g/mol. The standard InChI is InChI=1S/C14H17N3O/c18-14-6-2-1-5-13(14)17-10-12(9-16-17)11-4-3-7-15-8-11/h1-2,5-6,9-11,15,18H,3-4,7-8H2. The van der Waals surface area contributed by atoms with Crippen molar-refractivity contribution in [2.75, 3.05) is 13.1 Å². The van der Waals surface area contributed by atoms with Gasteiger partial charge in [0.15, 0.2) is 0 Å². The number of aromatic hydroxyl groups is 1. The monoisotopic (exact) mass is 243 g/mol. The Morgan fingerprint density at radius 3 is 3.00 bits per heavy atom. The molecule has 1 fully saturated rings. The molecule has 0 radical (unpaired) electrons. The van der Waals surface area contributed by atoms with Crippen LogP contribution in [-0.4, -0.2) is 28.0 Å². The fourth-order valence-electron chi connectivity index (χ4n) is 2.47. The van der Waals surface area contributed by atoms with Crippen LogP contribution in [0.1, 0.15) is 24.3 Å². The number of nitrogens with zero attached hydrogens (tertiary/aromatic N) is 2. The fraction of sp³-hybridized carbons (Fsp3) is 0.357. The van der Waals surface area contributed by atoms with Crippen molar-refractivity contribution >= 4 is 0 Å². The molecule has 94 valence electrons. The predicted octanol–water partition coefficient (Wildman–Crippen LogP) is 2.04. The van der Waals surface area contributed by atoms with Crippen molar-refractivity contribution in [3.63, 3.8) is 0 Å². The molecule has 1 saturated heterocycles. The first-order valence-electron chi connectivity index (χ1n) is 6.38. The van der Waals surface area contributed by atoms with Crippen molar-refractivity contribution in [3.05, 3.63) is 42.2 Å². The molecule has 0 amide bonds. The van der Waals surface area contributed by atoms with Gasteiger partial charge in [-0.25, -0.2) is 4.68 Å². The number of phenols is 1. The maximum absolute atomic E-state index is 9.81. The first-order valence-corrected chi connectivity index (χ1v) is 6.38. The van der Waals surface area contributed by atoms with Gasteiger partial charge in [-0.05, 0) is 43.0 Å². The summed E-state index contributed by atoms with van der Waals surface area (Å²) in [5.74, 6) is 0.798. The Morgan fingerprint density at radius 2 is 2.22 bits per heavy atom. The molecular weight excluding hydrogens is 226 g/mol. The molecule has 0 bridgehead atoms. The number of phenolic OH excluding ortho intramolecular Hbond substituents is 1. The lowest BCUT2D eigenvalue weighted by Crippen LogP contribution is -2.28. The van der Waals surface area contributed by atoms with Gasteiger partial charge >= 0.3 is 0 Å². The highest BCUT2D eigenvalue weighted by molar-refractivity contribution is 5.45. The minimum atomic E-state index is 0.258. The Kier molecular flexibility index (Phi) is 3.02. The van der Waals surface area contributed by atoms with Crippen molar-refractivity contribution < 1.29 is 5.11 Å². The van der Waals surface area contributed by atoms with E-state index in [1.807, 2.05) is 30.6 Å².